The monoisotopic (exact) mass is 358 g/mol. The SMILES string of the molecule is O=C(Cc1cccs1)N1CCN(C(=O)c2cc3n(n2)CCCC3)CC1. The molecule has 0 N–H and O–H groups in total. The molecule has 2 aromatic rings. The summed E-state index contributed by atoms with van der Waals surface area (Å²) in [4.78, 5) is 29.8. The molecule has 0 radical (unpaired) electrons. The van der Waals surface area contributed by atoms with Crippen molar-refractivity contribution in [3.63, 3.8) is 0 Å². The average Bonchev–Trinajstić information content (AvgIpc) is 3.30. The van der Waals surface area contributed by atoms with Gasteiger partial charge in [0.25, 0.3) is 5.91 Å². The van der Waals surface area contributed by atoms with Gasteiger partial charge in [0.05, 0.1) is 6.42 Å². The molecule has 1 fully saturated rings. The molecule has 6 nitrogen and oxygen atoms in total. The molecule has 132 valence electrons. The molecule has 4 rings (SSSR count). The molecule has 1 saturated heterocycles. The van der Waals surface area contributed by atoms with E-state index in [1.807, 2.05) is 38.1 Å². The zero-order chi connectivity index (χ0) is 17.2. The van der Waals surface area contributed by atoms with Gasteiger partial charge in [0, 0.05) is 43.3 Å². The smallest absolute Gasteiger partial charge is 0.274 e. The van der Waals surface area contributed by atoms with E-state index in [-0.39, 0.29) is 11.8 Å². The van der Waals surface area contributed by atoms with Crippen LogP contribution in [0.25, 0.3) is 0 Å². The van der Waals surface area contributed by atoms with Gasteiger partial charge in [0.15, 0.2) is 5.69 Å². The van der Waals surface area contributed by atoms with Crippen molar-refractivity contribution in [1.29, 1.82) is 0 Å². The van der Waals surface area contributed by atoms with E-state index in [0.29, 0.717) is 38.3 Å². The van der Waals surface area contributed by atoms with Crippen LogP contribution in [0.15, 0.2) is 23.6 Å². The maximum atomic E-state index is 12.7. The topological polar surface area (TPSA) is 58.4 Å². The first-order chi connectivity index (χ1) is 12.2. The molecule has 25 heavy (non-hydrogen) atoms. The highest BCUT2D eigenvalue weighted by Gasteiger charge is 2.27. The van der Waals surface area contributed by atoms with Gasteiger partial charge in [-0.25, -0.2) is 0 Å². The minimum Gasteiger partial charge on any atom is -0.339 e. The van der Waals surface area contributed by atoms with Crippen molar-refractivity contribution < 1.29 is 9.59 Å². The third kappa shape index (κ3) is 3.46. The van der Waals surface area contributed by atoms with Gasteiger partial charge in [-0.1, -0.05) is 6.07 Å². The predicted molar refractivity (Wildman–Crippen MR) is 95.7 cm³/mol. The van der Waals surface area contributed by atoms with Gasteiger partial charge >= 0.3 is 0 Å². The Bertz CT molecular complexity index is 737. The number of nitrogens with zero attached hydrogens (tertiary/aromatic N) is 4. The minimum atomic E-state index is -0.00717. The Labute approximate surface area is 151 Å². The molecule has 7 heteroatoms. The second-order valence-corrected chi connectivity index (χ2v) is 7.66. The molecular formula is C18H22N4O2S. The van der Waals surface area contributed by atoms with Crippen LogP contribution in [0.1, 0.15) is 33.9 Å². The number of fused-ring (bicyclic) bond motifs is 1. The number of rotatable bonds is 3. The van der Waals surface area contributed by atoms with Crippen LogP contribution in [-0.4, -0.2) is 57.6 Å². The third-order valence-corrected chi connectivity index (χ3v) is 5.84. The van der Waals surface area contributed by atoms with Crippen LogP contribution in [0.2, 0.25) is 0 Å². The first kappa shape index (κ1) is 16.3. The fraction of sp³-hybridized carbons (Fsp3) is 0.500. The summed E-state index contributed by atoms with van der Waals surface area (Å²) in [6.45, 7) is 3.27. The highest BCUT2D eigenvalue weighted by Crippen LogP contribution is 2.17. The van der Waals surface area contributed by atoms with Crippen LogP contribution in [0.4, 0.5) is 0 Å². The zero-order valence-corrected chi connectivity index (χ0v) is 15.0. The summed E-state index contributed by atoms with van der Waals surface area (Å²) in [6, 6.07) is 5.90. The summed E-state index contributed by atoms with van der Waals surface area (Å²) in [5.74, 6) is 0.138. The van der Waals surface area contributed by atoms with Crippen LogP contribution in [0, 0.1) is 0 Å². The third-order valence-electron chi connectivity index (χ3n) is 4.96. The number of thiophene rings is 1. The van der Waals surface area contributed by atoms with Gasteiger partial charge in [0.2, 0.25) is 5.91 Å². The first-order valence-electron chi connectivity index (χ1n) is 8.87. The summed E-state index contributed by atoms with van der Waals surface area (Å²) in [5, 5.41) is 6.47. The molecule has 0 spiro atoms. The predicted octanol–water partition coefficient (Wildman–Crippen LogP) is 1.81. The van der Waals surface area contributed by atoms with Crippen molar-refractivity contribution >= 4 is 23.2 Å². The maximum absolute atomic E-state index is 12.7. The van der Waals surface area contributed by atoms with Crippen molar-refractivity contribution in [1.82, 2.24) is 19.6 Å². The lowest BCUT2D eigenvalue weighted by Crippen LogP contribution is -2.51. The van der Waals surface area contributed by atoms with Crippen LogP contribution in [-0.2, 0) is 24.2 Å². The molecular weight excluding hydrogens is 336 g/mol. The number of hydrogen-bond acceptors (Lipinski definition) is 4. The Morgan fingerprint density at radius 2 is 1.88 bits per heavy atom. The first-order valence-corrected chi connectivity index (χ1v) is 9.75. The van der Waals surface area contributed by atoms with E-state index in [1.54, 1.807) is 11.3 Å². The van der Waals surface area contributed by atoms with Crippen LogP contribution >= 0.6 is 11.3 Å². The number of piperazine rings is 1. The Morgan fingerprint density at radius 1 is 1.08 bits per heavy atom. The fourth-order valence-electron chi connectivity index (χ4n) is 3.52. The van der Waals surface area contributed by atoms with E-state index in [0.717, 1.165) is 24.3 Å². The number of amides is 2. The van der Waals surface area contributed by atoms with Crippen LogP contribution < -0.4 is 0 Å². The Kier molecular flexibility index (Phi) is 4.57. The van der Waals surface area contributed by atoms with Crippen molar-refractivity contribution in [2.75, 3.05) is 26.2 Å². The summed E-state index contributed by atoms with van der Waals surface area (Å²) in [7, 11) is 0. The molecule has 0 bridgehead atoms. The van der Waals surface area contributed by atoms with E-state index in [1.165, 1.54) is 12.1 Å². The minimum absolute atomic E-state index is 0.00717. The van der Waals surface area contributed by atoms with Gasteiger partial charge < -0.3 is 9.80 Å². The van der Waals surface area contributed by atoms with Gasteiger partial charge in [-0.15, -0.1) is 11.3 Å². The van der Waals surface area contributed by atoms with Crippen molar-refractivity contribution in [3.05, 3.63) is 39.8 Å². The molecule has 2 aromatic heterocycles. The molecule has 0 aromatic carbocycles. The quantitative estimate of drug-likeness (QED) is 0.841. The van der Waals surface area contributed by atoms with Crippen molar-refractivity contribution in [3.8, 4) is 0 Å². The summed E-state index contributed by atoms with van der Waals surface area (Å²) in [6.07, 6.45) is 3.77. The van der Waals surface area contributed by atoms with E-state index in [4.69, 9.17) is 0 Å². The van der Waals surface area contributed by atoms with E-state index in [2.05, 4.69) is 5.10 Å². The van der Waals surface area contributed by atoms with Crippen molar-refractivity contribution in [2.45, 2.75) is 32.2 Å². The van der Waals surface area contributed by atoms with E-state index in [9.17, 15) is 9.59 Å². The van der Waals surface area contributed by atoms with Crippen LogP contribution in [0.3, 0.4) is 0 Å². The Morgan fingerprint density at radius 3 is 2.60 bits per heavy atom. The number of carbonyl (C=O) groups excluding carboxylic acids is 2. The van der Waals surface area contributed by atoms with Crippen molar-refractivity contribution in [2.24, 2.45) is 0 Å². The lowest BCUT2D eigenvalue weighted by molar-refractivity contribution is -0.131. The Hall–Kier alpha value is -2.15. The molecule has 4 heterocycles. The van der Waals surface area contributed by atoms with E-state index < -0.39 is 0 Å². The standard InChI is InChI=1S/C18H22N4O2S/c23-17(13-15-5-3-11-25-15)20-7-9-21(10-8-20)18(24)16-12-14-4-1-2-6-22(14)19-16/h3,5,11-12H,1-2,4,6-10,13H2. The molecule has 2 aliphatic heterocycles. The number of hydrogen-bond donors (Lipinski definition) is 0. The lowest BCUT2D eigenvalue weighted by atomic mass is 10.1. The summed E-state index contributed by atoms with van der Waals surface area (Å²) < 4.78 is 1.97. The van der Waals surface area contributed by atoms with Gasteiger partial charge in [-0.3, -0.25) is 14.3 Å². The maximum Gasteiger partial charge on any atom is 0.274 e. The normalized spacial score (nSPS) is 17.4. The highest BCUT2D eigenvalue weighted by atomic mass is 32.1. The van der Waals surface area contributed by atoms with Gasteiger partial charge in [0.1, 0.15) is 0 Å². The van der Waals surface area contributed by atoms with Gasteiger partial charge in [-0.05, 0) is 36.8 Å². The molecule has 0 aliphatic carbocycles. The summed E-state index contributed by atoms with van der Waals surface area (Å²) in [5.41, 5.74) is 1.72. The molecule has 0 unspecified atom stereocenters. The summed E-state index contributed by atoms with van der Waals surface area (Å²) >= 11 is 1.61. The van der Waals surface area contributed by atoms with Gasteiger partial charge in [-0.2, -0.15) is 5.10 Å². The highest BCUT2D eigenvalue weighted by molar-refractivity contribution is 7.10. The largest absolute Gasteiger partial charge is 0.339 e. The second-order valence-electron chi connectivity index (χ2n) is 6.63. The molecule has 2 aliphatic rings. The average molecular weight is 358 g/mol. The number of aromatic nitrogens is 2. The molecule has 0 saturated carbocycles. The molecule has 2 amide bonds. The fourth-order valence-corrected chi connectivity index (χ4v) is 4.21. The number of aryl methyl sites for hydroxylation is 2. The van der Waals surface area contributed by atoms with E-state index >= 15 is 0 Å². The lowest BCUT2D eigenvalue weighted by Gasteiger charge is -2.34. The zero-order valence-electron chi connectivity index (χ0n) is 14.2. The second kappa shape index (κ2) is 7.00. The Balaban J connectivity index is 1.34. The number of carbonyl (C=O) groups is 2. The molecule has 0 atom stereocenters. The van der Waals surface area contributed by atoms with Crippen LogP contribution in [0.5, 0.6) is 0 Å².